The molecular weight excluding hydrogens is 347 g/mol. The standard InChI is InChI=1S/C17H20Cl2N4O/c1-23(2)5-3-4-21-16-6-12(10-20-11-16)17(24)22-15-8-13(18)7-14(19)9-15/h6-11,21H,3-5H2,1-2H3,(H,22,24). The van der Waals surface area contributed by atoms with Gasteiger partial charge in [0.1, 0.15) is 0 Å². The molecule has 7 heteroatoms. The van der Waals surface area contributed by atoms with E-state index in [1.165, 1.54) is 6.20 Å². The van der Waals surface area contributed by atoms with Gasteiger partial charge in [-0.3, -0.25) is 9.78 Å². The Kier molecular flexibility index (Phi) is 6.85. The molecular formula is C17H20Cl2N4O. The fourth-order valence-corrected chi connectivity index (χ4v) is 2.64. The Morgan fingerprint density at radius 1 is 1.08 bits per heavy atom. The van der Waals surface area contributed by atoms with Crippen LogP contribution in [0.5, 0.6) is 0 Å². The van der Waals surface area contributed by atoms with E-state index in [4.69, 9.17) is 23.2 Å². The predicted octanol–water partition coefficient (Wildman–Crippen LogP) is 4.00. The normalized spacial score (nSPS) is 10.7. The summed E-state index contributed by atoms with van der Waals surface area (Å²) in [6.07, 6.45) is 4.22. The highest BCUT2D eigenvalue weighted by atomic mass is 35.5. The van der Waals surface area contributed by atoms with Crippen LogP contribution >= 0.6 is 23.2 Å². The molecule has 0 aliphatic rings. The van der Waals surface area contributed by atoms with Gasteiger partial charge in [0.25, 0.3) is 5.91 Å². The highest BCUT2D eigenvalue weighted by Crippen LogP contribution is 2.23. The molecule has 5 nitrogen and oxygen atoms in total. The summed E-state index contributed by atoms with van der Waals surface area (Å²) in [7, 11) is 4.07. The molecule has 2 aromatic rings. The van der Waals surface area contributed by atoms with Crippen LogP contribution in [-0.4, -0.2) is 43.0 Å². The number of pyridine rings is 1. The molecule has 0 atom stereocenters. The first kappa shape index (κ1) is 18.5. The van der Waals surface area contributed by atoms with E-state index in [-0.39, 0.29) is 5.91 Å². The lowest BCUT2D eigenvalue weighted by Gasteiger charge is -2.11. The van der Waals surface area contributed by atoms with Crippen LogP contribution in [0.1, 0.15) is 16.8 Å². The highest BCUT2D eigenvalue weighted by molar-refractivity contribution is 6.35. The Hall–Kier alpha value is -1.82. The number of hydrogen-bond donors (Lipinski definition) is 2. The van der Waals surface area contributed by atoms with Gasteiger partial charge in [-0.05, 0) is 51.3 Å². The maximum Gasteiger partial charge on any atom is 0.257 e. The number of hydrogen-bond acceptors (Lipinski definition) is 4. The molecule has 2 N–H and O–H groups in total. The van der Waals surface area contributed by atoms with Crippen LogP contribution in [0.25, 0.3) is 0 Å². The fraction of sp³-hybridized carbons (Fsp3) is 0.294. The zero-order valence-corrected chi connectivity index (χ0v) is 15.2. The van der Waals surface area contributed by atoms with Gasteiger partial charge in [0, 0.05) is 34.7 Å². The third-order valence-corrected chi connectivity index (χ3v) is 3.67. The van der Waals surface area contributed by atoms with Crippen molar-refractivity contribution in [2.24, 2.45) is 0 Å². The Bertz CT molecular complexity index is 686. The number of nitrogens with one attached hydrogen (secondary N) is 2. The van der Waals surface area contributed by atoms with Crippen molar-refractivity contribution < 1.29 is 4.79 Å². The van der Waals surface area contributed by atoms with Crippen molar-refractivity contribution in [2.75, 3.05) is 37.8 Å². The van der Waals surface area contributed by atoms with E-state index in [0.29, 0.717) is 21.3 Å². The van der Waals surface area contributed by atoms with Crippen LogP contribution in [-0.2, 0) is 0 Å². The van der Waals surface area contributed by atoms with E-state index in [1.54, 1.807) is 30.5 Å². The van der Waals surface area contributed by atoms with Crippen molar-refractivity contribution in [3.8, 4) is 0 Å². The summed E-state index contributed by atoms with van der Waals surface area (Å²) in [5.74, 6) is -0.266. The highest BCUT2D eigenvalue weighted by Gasteiger charge is 2.09. The van der Waals surface area contributed by atoms with Crippen LogP contribution in [0.15, 0.2) is 36.7 Å². The van der Waals surface area contributed by atoms with Crippen molar-refractivity contribution in [2.45, 2.75) is 6.42 Å². The Balaban J connectivity index is 1.98. The van der Waals surface area contributed by atoms with Gasteiger partial charge in [-0.2, -0.15) is 0 Å². The van der Waals surface area contributed by atoms with Crippen molar-refractivity contribution in [1.82, 2.24) is 9.88 Å². The second-order valence-corrected chi connectivity index (χ2v) is 6.53. The topological polar surface area (TPSA) is 57.3 Å². The second-order valence-electron chi connectivity index (χ2n) is 5.66. The molecule has 0 radical (unpaired) electrons. The SMILES string of the molecule is CN(C)CCCNc1cncc(C(=O)Nc2cc(Cl)cc(Cl)c2)c1. The number of carbonyl (C=O) groups is 1. The summed E-state index contributed by atoms with van der Waals surface area (Å²) in [4.78, 5) is 18.6. The van der Waals surface area contributed by atoms with E-state index in [2.05, 4.69) is 20.5 Å². The lowest BCUT2D eigenvalue weighted by molar-refractivity contribution is 0.102. The number of carbonyl (C=O) groups excluding carboxylic acids is 1. The minimum Gasteiger partial charge on any atom is -0.384 e. The molecule has 1 aromatic heterocycles. The minimum atomic E-state index is -0.266. The Labute approximate surface area is 152 Å². The van der Waals surface area contributed by atoms with Crippen molar-refractivity contribution >= 4 is 40.5 Å². The molecule has 2 rings (SSSR count). The number of anilines is 2. The molecule has 0 fully saturated rings. The van der Waals surface area contributed by atoms with Crippen molar-refractivity contribution in [3.05, 3.63) is 52.3 Å². The molecule has 0 unspecified atom stereocenters. The summed E-state index contributed by atoms with van der Waals surface area (Å²) >= 11 is 11.9. The van der Waals surface area contributed by atoms with E-state index in [1.807, 2.05) is 14.1 Å². The summed E-state index contributed by atoms with van der Waals surface area (Å²) in [5.41, 5.74) is 1.82. The lowest BCUT2D eigenvalue weighted by Crippen LogP contribution is -2.17. The molecule has 0 aliphatic heterocycles. The summed E-state index contributed by atoms with van der Waals surface area (Å²) in [5, 5.41) is 6.96. The monoisotopic (exact) mass is 366 g/mol. The summed E-state index contributed by atoms with van der Waals surface area (Å²) in [6.45, 7) is 1.81. The fourth-order valence-electron chi connectivity index (χ4n) is 2.12. The summed E-state index contributed by atoms with van der Waals surface area (Å²) < 4.78 is 0. The first-order valence-electron chi connectivity index (χ1n) is 7.55. The smallest absolute Gasteiger partial charge is 0.257 e. The van der Waals surface area contributed by atoms with Gasteiger partial charge in [0.15, 0.2) is 0 Å². The van der Waals surface area contributed by atoms with E-state index in [9.17, 15) is 4.79 Å². The van der Waals surface area contributed by atoms with E-state index >= 15 is 0 Å². The third kappa shape index (κ3) is 6.00. The molecule has 24 heavy (non-hydrogen) atoms. The number of amides is 1. The number of nitrogens with zero attached hydrogens (tertiary/aromatic N) is 2. The van der Waals surface area contributed by atoms with Gasteiger partial charge in [0.05, 0.1) is 11.3 Å². The lowest BCUT2D eigenvalue weighted by atomic mass is 10.2. The van der Waals surface area contributed by atoms with Crippen LogP contribution in [0.4, 0.5) is 11.4 Å². The molecule has 0 aliphatic carbocycles. The molecule has 128 valence electrons. The van der Waals surface area contributed by atoms with Crippen LogP contribution in [0, 0.1) is 0 Å². The molecule has 0 saturated heterocycles. The second kappa shape index (κ2) is 8.87. The Morgan fingerprint density at radius 2 is 1.79 bits per heavy atom. The molecule has 1 heterocycles. The minimum absolute atomic E-state index is 0.266. The van der Waals surface area contributed by atoms with E-state index in [0.717, 1.165) is 25.2 Å². The van der Waals surface area contributed by atoms with E-state index < -0.39 is 0 Å². The zero-order chi connectivity index (χ0) is 17.5. The first-order valence-corrected chi connectivity index (χ1v) is 8.31. The number of rotatable bonds is 7. The maximum atomic E-state index is 12.3. The number of benzene rings is 1. The van der Waals surface area contributed by atoms with Gasteiger partial charge >= 0.3 is 0 Å². The molecule has 0 saturated carbocycles. The quantitative estimate of drug-likeness (QED) is 0.727. The maximum absolute atomic E-state index is 12.3. The predicted molar refractivity (Wildman–Crippen MR) is 100 cm³/mol. The number of aromatic nitrogens is 1. The van der Waals surface area contributed by atoms with Gasteiger partial charge in [-0.1, -0.05) is 23.2 Å². The van der Waals surface area contributed by atoms with Gasteiger partial charge in [-0.15, -0.1) is 0 Å². The average molecular weight is 367 g/mol. The van der Waals surface area contributed by atoms with Gasteiger partial charge in [0.2, 0.25) is 0 Å². The van der Waals surface area contributed by atoms with Crippen molar-refractivity contribution in [3.63, 3.8) is 0 Å². The van der Waals surface area contributed by atoms with Crippen LogP contribution < -0.4 is 10.6 Å². The molecule has 1 aromatic carbocycles. The first-order chi connectivity index (χ1) is 11.4. The van der Waals surface area contributed by atoms with Gasteiger partial charge in [-0.25, -0.2) is 0 Å². The van der Waals surface area contributed by atoms with Crippen LogP contribution in [0.3, 0.4) is 0 Å². The molecule has 0 bridgehead atoms. The Morgan fingerprint density at radius 3 is 2.46 bits per heavy atom. The zero-order valence-electron chi connectivity index (χ0n) is 13.6. The summed E-state index contributed by atoms with van der Waals surface area (Å²) in [6, 6.07) is 6.66. The molecule has 1 amide bonds. The number of halogens is 2. The van der Waals surface area contributed by atoms with Gasteiger partial charge < -0.3 is 15.5 Å². The largest absolute Gasteiger partial charge is 0.384 e. The van der Waals surface area contributed by atoms with Crippen molar-refractivity contribution in [1.29, 1.82) is 0 Å². The average Bonchev–Trinajstić information content (AvgIpc) is 2.50. The third-order valence-electron chi connectivity index (χ3n) is 3.23. The molecule has 0 spiro atoms. The van der Waals surface area contributed by atoms with Crippen LogP contribution in [0.2, 0.25) is 10.0 Å².